The molecule has 64 heavy (non-hydrogen) atoms. The van der Waals surface area contributed by atoms with Crippen LogP contribution in [0.5, 0.6) is 0 Å². The molecule has 294 valence electrons. The maximum absolute atomic E-state index is 2.61. The zero-order valence-corrected chi connectivity index (χ0v) is 38.2. The highest BCUT2D eigenvalue weighted by atomic mass is 32.1. The molecule has 3 aromatic heterocycles. The van der Waals surface area contributed by atoms with E-state index in [1.165, 1.54) is 141 Å². The van der Waals surface area contributed by atoms with Crippen molar-refractivity contribution in [3.8, 4) is 44.8 Å². The number of thiophene rings is 1. The lowest BCUT2D eigenvalue weighted by Crippen LogP contribution is -2.48. The molecule has 0 aliphatic carbocycles. The molecule has 0 bridgehead atoms. The number of hydrogen-bond acceptors (Lipinski definition) is 1. The summed E-state index contributed by atoms with van der Waals surface area (Å²) in [6.07, 6.45) is 0. The Kier molecular flexibility index (Phi) is 8.91. The van der Waals surface area contributed by atoms with Gasteiger partial charge in [0.05, 0.1) is 11.0 Å². The zero-order chi connectivity index (χ0) is 43.5. The third kappa shape index (κ3) is 5.61. The summed E-state index contributed by atoms with van der Waals surface area (Å²) in [5.41, 5.74) is 24.3. The molecule has 0 radical (unpaired) electrons. The van der Waals surface area contributed by atoms with Crippen molar-refractivity contribution in [3.63, 3.8) is 0 Å². The third-order valence-electron chi connectivity index (χ3n) is 14.6. The number of para-hydroxylation sites is 1. The predicted octanol–water partition coefficient (Wildman–Crippen LogP) is 3.06. The van der Waals surface area contributed by atoms with E-state index in [-0.39, 0.29) is 0 Å². The summed E-state index contributed by atoms with van der Waals surface area (Å²) in [7, 11) is 16.4. The molecule has 0 fully saturated rings. The molecule has 0 amide bonds. The summed E-state index contributed by atoms with van der Waals surface area (Å²) in [5.74, 6) is 0. The van der Waals surface area contributed by atoms with Gasteiger partial charge in [-0.3, -0.25) is 0 Å². The topological polar surface area (TPSA) is 9.86 Å². The molecule has 0 unspecified atom stereocenters. The Bertz CT molecular complexity index is 3910. The monoisotopic (exact) mass is 826 g/mol. The van der Waals surface area contributed by atoms with E-state index in [4.69, 9.17) is 0 Å². The average molecular weight is 826 g/mol. The van der Waals surface area contributed by atoms with Crippen LogP contribution in [0.15, 0.2) is 164 Å². The summed E-state index contributed by atoms with van der Waals surface area (Å²) in [6.45, 7) is 0. The highest BCUT2D eigenvalue weighted by Gasteiger charge is 2.26. The summed E-state index contributed by atoms with van der Waals surface area (Å²) >= 11 is 1.88. The Labute approximate surface area is 383 Å². The fraction of sp³-hybridized carbons (Fsp3) is 0. The van der Waals surface area contributed by atoms with Gasteiger partial charge in [0.15, 0.2) is 0 Å². The number of aromatic nitrogens is 2. The van der Waals surface area contributed by atoms with E-state index in [0.29, 0.717) is 0 Å². The van der Waals surface area contributed by atoms with Crippen LogP contribution in [-0.4, -0.2) is 64.1 Å². The van der Waals surface area contributed by atoms with Crippen molar-refractivity contribution < 1.29 is 0 Å². The standard InChI is InChI=1S/C54H41B7N2S/c55-45-42(46(56)50(60)53-43(45)44-47(57)48(58)49(59)51(61)54(44)63(53)33-23-25-41-38(27-33)35-14-7-8-17-40(35)64-41)31-20-24-39-37(26-31)36-16-9-15-34(30-12-5-2-6-13-30)52(36)62(39)32-21-18-29(19-22-32)28-10-3-1-4-11-28/h1-27H,55-61H2. The van der Waals surface area contributed by atoms with Gasteiger partial charge in [0, 0.05) is 64.3 Å². The van der Waals surface area contributed by atoms with Gasteiger partial charge in [0.2, 0.25) is 0 Å². The summed E-state index contributed by atoms with van der Waals surface area (Å²) in [5, 5.41) is 7.89. The van der Waals surface area contributed by atoms with Gasteiger partial charge in [-0.25, -0.2) is 0 Å². The van der Waals surface area contributed by atoms with E-state index >= 15 is 0 Å². The maximum Gasteiger partial charge on any atom is 0.141 e. The molecule has 12 aromatic rings. The predicted molar refractivity (Wildman–Crippen MR) is 302 cm³/mol. The molecular weight excluding hydrogens is 784 g/mol. The second-order valence-corrected chi connectivity index (χ2v) is 18.9. The van der Waals surface area contributed by atoms with E-state index < -0.39 is 0 Å². The second-order valence-electron chi connectivity index (χ2n) is 17.9. The van der Waals surface area contributed by atoms with E-state index in [1.807, 2.05) is 11.3 Å². The van der Waals surface area contributed by atoms with Crippen LogP contribution in [0.1, 0.15) is 0 Å². The lowest BCUT2D eigenvalue weighted by Gasteiger charge is -2.19. The Hall–Kier alpha value is -6.75. The fourth-order valence-electron chi connectivity index (χ4n) is 11.0. The maximum atomic E-state index is 2.61. The molecule has 0 saturated carbocycles. The molecule has 3 heterocycles. The van der Waals surface area contributed by atoms with Crippen LogP contribution in [0, 0.1) is 0 Å². The molecule has 0 aliphatic rings. The lowest BCUT2D eigenvalue weighted by molar-refractivity contribution is 1.18. The number of nitrogens with zero attached hydrogens (tertiary/aromatic N) is 2. The van der Waals surface area contributed by atoms with Crippen LogP contribution in [0.4, 0.5) is 0 Å². The molecule has 0 aliphatic heterocycles. The summed E-state index contributed by atoms with van der Waals surface area (Å²) < 4.78 is 7.75. The first-order chi connectivity index (χ1) is 31.2. The molecule has 12 rings (SSSR count). The van der Waals surface area contributed by atoms with Crippen molar-refractivity contribution >= 4 is 168 Å². The molecular formula is C54H41B7N2S. The summed E-state index contributed by atoms with van der Waals surface area (Å²) in [6, 6.07) is 60.6. The lowest BCUT2D eigenvalue weighted by atomic mass is 9.64. The first-order valence-electron chi connectivity index (χ1n) is 22.4. The highest BCUT2D eigenvalue weighted by molar-refractivity contribution is 7.25. The van der Waals surface area contributed by atoms with Crippen molar-refractivity contribution in [3.05, 3.63) is 164 Å². The SMILES string of the molecule is Bc1c(B)c(B)c2c(c1B)c1c(B)c(-c3ccc4c(c3)c3cccc(-c5ccccc5)c3n4-c3ccc(-c4ccccc4)cc3)c(B)c(B)c1n2-c1ccc2sc3ccccc3c2c1. The first kappa shape index (κ1) is 38.9. The van der Waals surface area contributed by atoms with E-state index in [1.54, 1.807) is 0 Å². The van der Waals surface area contributed by atoms with Crippen molar-refractivity contribution in [1.29, 1.82) is 0 Å². The van der Waals surface area contributed by atoms with Crippen LogP contribution < -0.4 is 38.2 Å². The highest BCUT2D eigenvalue weighted by Crippen LogP contribution is 2.41. The number of benzene rings is 9. The van der Waals surface area contributed by atoms with Gasteiger partial charge < -0.3 is 9.13 Å². The molecule has 9 aromatic carbocycles. The minimum Gasteiger partial charge on any atom is -0.310 e. The Balaban J connectivity index is 1.13. The van der Waals surface area contributed by atoms with Gasteiger partial charge in [-0.15, -0.1) is 16.8 Å². The van der Waals surface area contributed by atoms with E-state index in [2.05, 4.69) is 228 Å². The molecule has 2 nitrogen and oxygen atoms in total. The normalized spacial score (nSPS) is 11.9. The minimum atomic E-state index is 1.15. The number of hydrogen-bond donors (Lipinski definition) is 0. The van der Waals surface area contributed by atoms with Gasteiger partial charge in [-0.05, 0) is 81.7 Å². The van der Waals surface area contributed by atoms with Gasteiger partial charge in [0.25, 0.3) is 0 Å². The second kappa shape index (κ2) is 14.7. The van der Waals surface area contributed by atoms with E-state index in [9.17, 15) is 0 Å². The quantitative estimate of drug-likeness (QED) is 0.237. The van der Waals surface area contributed by atoms with Gasteiger partial charge >= 0.3 is 0 Å². The van der Waals surface area contributed by atoms with Crippen molar-refractivity contribution in [2.45, 2.75) is 0 Å². The minimum absolute atomic E-state index is 1.15. The van der Waals surface area contributed by atoms with Crippen LogP contribution in [0.2, 0.25) is 0 Å². The Morgan fingerprint density at radius 1 is 0.328 bits per heavy atom. The third-order valence-corrected chi connectivity index (χ3v) is 15.8. The Morgan fingerprint density at radius 3 is 1.66 bits per heavy atom. The molecule has 0 N–H and O–H groups in total. The molecule has 0 atom stereocenters. The number of fused-ring (bicyclic) bond motifs is 9. The smallest absolute Gasteiger partial charge is 0.141 e. The van der Waals surface area contributed by atoms with E-state index in [0.717, 1.165) is 5.69 Å². The largest absolute Gasteiger partial charge is 0.310 e. The molecule has 0 saturated heterocycles. The van der Waals surface area contributed by atoms with Gasteiger partial charge in [0.1, 0.15) is 54.9 Å². The van der Waals surface area contributed by atoms with Crippen molar-refractivity contribution in [2.75, 3.05) is 0 Å². The Morgan fingerprint density at radius 2 is 0.906 bits per heavy atom. The van der Waals surface area contributed by atoms with Crippen molar-refractivity contribution in [1.82, 2.24) is 9.13 Å². The number of rotatable bonds is 5. The summed E-state index contributed by atoms with van der Waals surface area (Å²) in [4.78, 5) is 0. The first-order valence-corrected chi connectivity index (χ1v) is 23.3. The van der Waals surface area contributed by atoms with Crippen LogP contribution in [0.25, 0.3) is 109 Å². The van der Waals surface area contributed by atoms with Gasteiger partial charge in [-0.2, -0.15) is 0 Å². The van der Waals surface area contributed by atoms with Crippen LogP contribution in [-0.2, 0) is 0 Å². The van der Waals surface area contributed by atoms with Crippen molar-refractivity contribution in [2.24, 2.45) is 0 Å². The zero-order valence-electron chi connectivity index (χ0n) is 37.4. The molecule has 0 spiro atoms. The van der Waals surface area contributed by atoms with Gasteiger partial charge in [-0.1, -0.05) is 148 Å². The van der Waals surface area contributed by atoms with Crippen LogP contribution >= 0.6 is 11.3 Å². The fourth-order valence-corrected chi connectivity index (χ4v) is 12.1. The molecule has 10 heteroatoms. The van der Waals surface area contributed by atoms with Crippen LogP contribution in [0.3, 0.4) is 0 Å². The average Bonchev–Trinajstić information content (AvgIpc) is 4.01.